The van der Waals surface area contributed by atoms with E-state index in [1.165, 1.54) is 5.56 Å². The fourth-order valence-corrected chi connectivity index (χ4v) is 2.47. The van der Waals surface area contributed by atoms with Crippen LogP contribution in [0.25, 0.3) is 5.82 Å². The molecule has 5 heteroatoms. The van der Waals surface area contributed by atoms with Gasteiger partial charge in [0.2, 0.25) is 0 Å². The maximum atomic E-state index is 12.3. The predicted octanol–water partition coefficient (Wildman–Crippen LogP) is 3.02. The number of hydrogen-bond donors (Lipinski definition) is 1. The molecule has 122 valence electrons. The molecule has 0 bridgehead atoms. The van der Waals surface area contributed by atoms with Crippen molar-refractivity contribution in [2.24, 2.45) is 0 Å². The summed E-state index contributed by atoms with van der Waals surface area (Å²) in [6.45, 7) is 2.02. The quantitative estimate of drug-likeness (QED) is 0.759. The summed E-state index contributed by atoms with van der Waals surface area (Å²) in [5.74, 6) is 0.587. The van der Waals surface area contributed by atoms with Crippen LogP contribution in [0.1, 0.15) is 29.3 Å². The summed E-state index contributed by atoms with van der Waals surface area (Å²) in [5.41, 5.74) is 1.83. The maximum Gasteiger partial charge on any atom is 0.253 e. The molecule has 1 amide bonds. The number of pyridine rings is 1. The highest BCUT2D eigenvalue weighted by atomic mass is 16.1. The minimum atomic E-state index is -0.102. The van der Waals surface area contributed by atoms with Gasteiger partial charge in [-0.3, -0.25) is 4.79 Å². The van der Waals surface area contributed by atoms with Crippen LogP contribution in [0.4, 0.5) is 0 Å². The Morgan fingerprint density at radius 1 is 1.17 bits per heavy atom. The van der Waals surface area contributed by atoms with Crippen LogP contribution in [0.3, 0.4) is 0 Å². The van der Waals surface area contributed by atoms with Gasteiger partial charge in [0.15, 0.2) is 5.82 Å². The van der Waals surface area contributed by atoms with Crippen molar-refractivity contribution in [1.29, 1.82) is 0 Å². The number of aryl methyl sites for hydroxylation is 1. The standard InChI is InChI=1S/C19H20N4O/c1-15(8-9-16-6-3-2-4-7-16)22-19(24)17-10-11-18(20-14-17)23-13-5-12-21-23/h2-7,10-15H,8-9H2,1H3,(H,22,24)/t15-/m0/s1. The molecule has 0 unspecified atom stereocenters. The number of carbonyl (C=O) groups excluding carboxylic acids is 1. The van der Waals surface area contributed by atoms with Crippen molar-refractivity contribution in [1.82, 2.24) is 20.1 Å². The Hall–Kier alpha value is -2.95. The second kappa shape index (κ2) is 7.55. The number of amides is 1. The van der Waals surface area contributed by atoms with Gasteiger partial charge >= 0.3 is 0 Å². The number of rotatable bonds is 6. The SMILES string of the molecule is C[C@@H](CCc1ccccc1)NC(=O)c1ccc(-n2cccn2)nc1. The van der Waals surface area contributed by atoms with Crippen molar-refractivity contribution in [2.75, 3.05) is 0 Å². The zero-order valence-corrected chi connectivity index (χ0v) is 13.6. The molecule has 0 radical (unpaired) electrons. The normalized spacial score (nSPS) is 11.9. The monoisotopic (exact) mass is 320 g/mol. The lowest BCUT2D eigenvalue weighted by Crippen LogP contribution is -2.33. The number of hydrogen-bond acceptors (Lipinski definition) is 3. The molecular formula is C19H20N4O. The van der Waals surface area contributed by atoms with Crippen LogP contribution in [-0.2, 0) is 6.42 Å². The smallest absolute Gasteiger partial charge is 0.253 e. The Balaban J connectivity index is 1.54. The molecule has 3 aromatic rings. The van der Waals surface area contributed by atoms with Crippen molar-refractivity contribution in [3.8, 4) is 5.82 Å². The van der Waals surface area contributed by atoms with E-state index in [2.05, 4.69) is 27.5 Å². The zero-order chi connectivity index (χ0) is 16.8. The Morgan fingerprint density at radius 3 is 2.67 bits per heavy atom. The van der Waals surface area contributed by atoms with Crippen LogP contribution < -0.4 is 5.32 Å². The molecule has 0 saturated heterocycles. The Labute approximate surface area is 141 Å². The topological polar surface area (TPSA) is 59.8 Å². The van der Waals surface area contributed by atoms with Crippen LogP contribution >= 0.6 is 0 Å². The van der Waals surface area contributed by atoms with E-state index in [1.54, 1.807) is 29.2 Å². The van der Waals surface area contributed by atoms with E-state index >= 15 is 0 Å². The molecule has 1 aromatic carbocycles. The van der Waals surface area contributed by atoms with Crippen molar-refractivity contribution in [3.05, 3.63) is 78.2 Å². The number of benzene rings is 1. The molecule has 0 aliphatic carbocycles. The highest BCUT2D eigenvalue weighted by Crippen LogP contribution is 2.07. The first-order chi connectivity index (χ1) is 11.7. The number of nitrogens with one attached hydrogen (secondary N) is 1. The van der Waals surface area contributed by atoms with Crippen molar-refractivity contribution in [3.63, 3.8) is 0 Å². The fraction of sp³-hybridized carbons (Fsp3) is 0.211. The summed E-state index contributed by atoms with van der Waals surface area (Å²) < 4.78 is 1.66. The molecule has 2 aromatic heterocycles. The van der Waals surface area contributed by atoms with E-state index in [1.807, 2.05) is 37.4 Å². The van der Waals surface area contributed by atoms with Gasteiger partial charge in [-0.1, -0.05) is 30.3 Å². The van der Waals surface area contributed by atoms with E-state index in [4.69, 9.17) is 0 Å². The molecule has 2 heterocycles. The summed E-state index contributed by atoms with van der Waals surface area (Å²) >= 11 is 0. The van der Waals surface area contributed by atoms with Gasteiger partial charge in [-0.25, -0.2) is 9.67 Å². The molecule has 0 fully saturated rings. The predicted molar refractivity (Wildman–Crippen MR) is 93.1 cm³/mol. The van der Waals surface area contributed by atoms with E-state index < -0.39 is 0 Å². The van der Waals surface area contributed by atoms with Gasteiger partial charge < -0.3 is 5.32 Å². The summed E-state index contributed by atoms with van der Waals surface area (Å²) in [4.78, 5) is 16.6. The van der Waals surface area contributed by atoms with Crippen molar-refractivity contribution in [2.45, 2.75) is 25.8 Å². The highest BCUT2D eigenvalue weighted by Gasteiger charge is 2.10. The Morgan fingerprint density at radius 2 is 2.00 bits per heavy atom. The Bertz CT molecular complexity index is 767. The molecule has 1 N–H and O–H groups in total. The number of aromatic nitrogens is 3. The molecular weight excluding hydrogens is 300 g/mol. The molecule has 24 heavy (non-hydrogen) atoms. The fourth-order valence-electron chi connectivity index (χ4n) is 2.47. The average Bonchev–Trinajstić information content (AvgIpc) is 3.16. The van der Waals surface area contributed by atoms with Gasteiger partial charge in [-0.15, -0.1) is 0 Å². The molecule has 0 aliphatic heterocycles. The van der Waals surface area contributed by atoms with Crippen LogP contribution in [0.5, 0.6) is 0 Å². The third-order valence-corrected chi connectivity index (χ3v) is 3.84. The highest BCUT2D eigenvalue weighted by molar-refractivity contribution is 5.94. The molecule has 3 rings (SSSR count). The lowest BCUT2D eigenvalue weighted by Gasteiger charge is -2.14. The first-order valence-corrected chi connectivity index (χ1v) is 8.03. The van der Waals surface area contributed by atoms with Crippen LogP contribution in [0, 0.1) is 0 Å². The van der Waals surface area contributed by atoms with E-state index in [-0.39, 0.29) is 11.9 Å². The average molecular weight is 320 g/mol. The number of nitrogens with zero attached hydrogens (tertiary/aromatic N) is 3. The van der Waals surface area contributed by atoms with E-state index in [0.717, 1.165) is 12.8 Å². The van der Waals surface area contributed by atoms with E-state index in [0.29, 0.717) is 11.4 Å². The third-order valence-electron chi connectivity index (χ3n) is 3.84. The maximum absolute atomic E-state index is 12.3. The second-order valence-corrected chi connectivity index (χ2v) is 5.75. The first kappa shape index (κ1) is 15.9. The molecule has 0 spiro atoms. The summed E-state index contributed by atoms with van der Waals surface area (Å²) in [6, 6.07) is 15.8. The van der Waals surface area contributed by atoms with Crippen molar-refractivity contribution < 1.29 is 4.79 Å². The molecule has 1 atom stereocenters. The molecule has 0 aliphatic rings. The van der Waals surface area contributed by atoms with Gasteiger partial charge in [0.25, 0.3) is 5.91 Å². The van der Waals surface area contributed by atoms with Crippen LogP contribution in [-0.4, -0.2) is 26.7 Å². The first-order valence-electron chi connectivity index (χ1n) is 8.03. The van der Waals surface area contributed by atoms with Gasteiger partial charge in [-0.2, -0.15) is 5.10 Å². The zero-order valence-electron chi connectivity index (χ0n) is 13.6. The van der Waals surface area contributed by atoms with E-state index in [9.17, 15) is 4.79 Å². The summed E-state index contributed by atoms with van der Waals surface area (Å²) in [7, 11) is 0. The second-order valence-electron chi connectivity index (χ2n) is 5.75. The Kier molecular flexibility index (Phi) is 5.01. The molecule has 5 nitrogen and oxygen atoms in total. The largest absolute Gasteiger partial charge is 0.350 e. The third kappa shape index (κ3) is 4.07. The summed E-state index contributed by atoms with van der Waals surface area (Å²) in [6.07, 6.45) is 6.92. The molecule has 0 saturated carbocycles. The van der Waals surface area contributed by atoms with Gasteiger partial charge in [0.05, 0.1) is 5.56 Å². The van der Waals surface area contributed by atoms with Gasteiger partial charge in [0.1, 0.15) is 0 Å². The lowest BCUT2D eigenvalue weighted by atomic mass is 10.1. The van der Waals surface area contributed by atoms with Crippen molar-refractivity contribution >= 4 is 5.91 Å². The van der Waals surface area contributed by atoms with Gasteiger partial charge in [0, 0.05) is 24.6 Å². The van der Waals surface area contributed by atoms with Gasteiger partial charge in [-0.05, 0) is 43.5 Å². The summed E-state index contributed by atoms with van der Waals surface area (Å²) in [5, 5.41) is 7.14. The number of carbonyl (C=O) groups is 1. The lowest BCUT2D eigenvalue weighted by molar-refractivity contribution is 0.0938. The van der Waals surface area contributed by atoms with Crippen LogP contribution in [0.15, 0.2) is 67.1 Å². The van der Waals surface area contributed by atoms with Crippen LogP contribution in [0.2, 0.25) is 0 Å². The minimum absolute atomic E-state index is 0.100. The minimum Gasteiger partial charge on any atom is -0.350 e.